The number of carbonyl (C=O) groups is 1. The van der Waals surface area contributed by atoms with Crippen molar-refractivity contribution >= 4 is 46.5 Å². The lowest BCUT2D eigenvalue weighted by atomic mass is 10.1. The molecule has 0 aliphatic heterocycles. The van der Waals surface area contributed by atoms with Crippen LogP contribution in [0.2, 0.25) is 0 Å². The molecule has 1 amide bonds. The van der Waals surface area contributed by atoms with Gasteiger partial charge < -0.3 is 0 Å². The van der Waals surface area contributed by atoms with Crippen molar-refractivity contribution in [3.63, 3.8) is 0 Å². The largest absolute Gasteiger partial charge is 0.272 e. The zero-order chi connectivity index (χ0) is 19.8. The van der Waals surface area contributed by atoms with E-state index in [4.69, 9.17) is 0 Å². The molecule has 0 fully saturated rings. The van der Waals surface area contributed by atoms with Crippen LogP contribution in [0.3, 0.4) is 0 Å². The summed E-state index contributed by atoms with van der Waals surface area (Å²) in [4.78, 5) is 12.0. The maximum atomic E-state index is 12.0. The van der Waals surface area contributed by atoms with Crippen molar-refractivity contribution in [3.05, 3.63) is 71.3 Å². The molecule has 0 unspecified atom stereocenters. The highest BCUT2D eigenvalue weighted by atomic mass is 32.2. The lowest BCUT2D eigenvalue weighted by Crippen LogP contribution is -2.21. The Bertz CT molecular complexity index is 940. The van der Waals surface area contributed by atoms with Crippen molar-refractivity contribution in [2.45, 2.75) is 28.3 Å². The minimum absolute atomic E-state index is 0.163. The molecule has 0 aliphatic carbocycles. The van der Waals surface area contributed by atoms with E-state index in [-0.39, 0.29) is 11.7 Å². The third-order valence-electron chi connectivity index (χ3n) is 3.74. The van der Waals surface area contributed by atoms with Crippen molar-refractivity contribution in [3.8, 4) is 0 Å². The minimum Gasteiger partial charge on any atom is -0.272 e. The molecule has 5 nitrogen and oxygen atoms in total. The van der Waals surface area contributed by atoms with Crippen LogP contribution in [0, 0.1) is 6.92 Å². The second kappa shape index (κ2) is 10.4. The Morgan fingerprint density at radius 1 is 1.04 bits per heavy atom. The molecule has 0 saturated carbocycles. The van der Waals surface area contributed by atoms with Crippen molar-refractivity contribution in [2.75, 3.05) is 5.75 Å². The molecular formula is C20H20N4OS3. The zero-order valence-electron chi connectivity index (χ0n) is 15.6. The molecule has 28 heavy (non-hydrogen) atoms. The van der Waals surface area contributed by atoms with Crippen molar-refractivity contribution < 1.29 is 4.79 Å². The highest BCUT2D eigenvalue weighted by Gasteiger charge is 2.09. The van der Waals surface area contributed by atoms with Crippen LogP contribution in [0.5, 0.6) is 0 Å². The van der Waals surface area contributed by atoms with E-state index in [1.807, 2.05) is 37.3 Å². The molecule has 8 heteroatoms. The number of hydrogen-bond acceptors (Lipinski definition) is 7. The molecule has 0 atom stereocenters. The van der Waals surface area contributed by atoms with Gasteiger partial charge in [-0.05, 0) is 25.0 Å². The molecule has 0 aliphatic rings. The fraction of sp³-hybridized carbons (Fsp3) is 0.200. The SMILES string of the molecule is C/C(=N/NC(=O)CSc1nnc(SCc2ccc(C)cc2)s1)c1ccccc1. The number of nitrogens with one attached hydrogen (secondary N) is 1. The summed E-state index contributed by atoms with van der Waals surface area (Å²) in [5.74, 6) is 0.945. The lowest BCUT2D eigenvalue weighted by Gasteiger charge is -2.02. The van der Waals surface area contributed by atoms with E-state index < -0.39 is 0 Å². The Morgan fingerprint density at radius 2 is 1.71 bits per heavy atom. The van der Waals surface area contributed by atoms with Gasteiger partial charge in [-0.15, -0.1) is 10.2 Å². The first-order valence-electron chi connectivity index (χ1n) is 8.63. The topological polar surface area (TPSA) is 67.2 Å². The first-order chi connectivity index (χ1) is 13.6. The lowest BCUT2D eigenvalue weighted by molar-refractivity contribution is -0.118. The predicted octanol–water partition coefficient (Wildman–Crippen LogP) is 4.77. The molecule has 0 bridgehead atoms. The average Bonchev–Trinajstić information content (AvgIpc) is 3.18. The van der Waals surface area contributed by atoms with Crippen LogP contribution < -0.4 is 5.43 Å². The summed E-state index contributed by atoms with van der Waals surface area (Å²) < 4.78 is 1.69. The highest BCUT2D eigenvalue weighted by molar-refractivity contribution is 8.03. The van der Waals surface area contributed by atoms with Gasteiger partial charge in [-0.3, -0.25) is 4.79 Å². The van der Waals surface area contributed by atoms with Gasteiger partial charge in [0.05, 0.1) is 11.5 Å². The maximum absolute atomic E-state index is 12.0. The summed E-state index contributed by atoms with van der Waals surface area (Å²) in [6.07, 6.45) is 0. The molecule has 3 rings (SSSR count). The molecule has 1 N–H and O–H groups in total. The van der Waals surface area contributed by atoms with Crippen LogP contribution >= 0.6 is 34.9 Å². The number of rotatable bonds is 8. The average molecular weight is 429 g/mol. The van der Waals surface area contributed by atoms with E-state index in [1.165, 1.54) is 34.2 Å². The number of aromatic nitrogens is 2. The molecule has 3 aromatic rings. The van der Waals surface area contributed by atoms with E-state index in [9.17, 15) is 4.79 Å². The smallest absolute Gasteiger partial charge is 0.250 e. The van der Waals surface area contributed by atoms with E-state index >= 15 is 0 Å². The summed E-state index contributed by atoms with van der Waals surface area (Å²) >= 11 is 4.53. The van der Waals surface area contributed by atoms with Gasteiger partial charge in [0.25, 0.3) is 5.91 Å². The molecule has 2 aromatic carbocycles. The first kappa shape index (κ1) is 20.6. The fourth-order valence-electron chi connectivity index (χ4n) is 2.19. The monoisotopic (exact) mass is 428 g/mol. The van der Waals surface area contributed by atoms with Crippen molar-refractivity contribution in [1.82, 2.24) is 15.6 Å². The molecule has 0 spiro atoms. The summed E-state index contributed by atoms with van der Waals surface area (Å²) in [5.41, 5.74) is 6.85. The van der Waals surface area contributed by atoms with E-state index in [1.54, 1.807) is 11.8 Å². The van der Waals surface area contributed by atoms with Crippen LogP contribution in [-0.4, -0.2) is 27.6 Å². The van der Waals surface area contributed by atoms with Gasteiger partial charge in [-0.2, -0.15) is 5.10 Å². The van der Waals surface area contributed by atoms with Crippen LogP contribution in [0.25, 0.3) is 0 Å². The predicted molar refractivity (Wildman–Crippen MR) is 118 cm³/mol. The second-order valence-corrected chi connectivity index (χ2v) is 9.42. The number of carbonyl (C=O) groups excluding carboxylic acids is 1. The van der Waals surface area contributed by atoms with Gasteiger partial charge in [0.1, 0.15) is 0 Å². The summed E-state index contributed by atoms with van der Waals surface area (Å²) in [5, 5.41) is 12.5. The summed E-state index contributed by atoms with van der Waals surface area (Å²) in [6, 6.07) is 18.2. The summed E-state index contributed by atoms with van der Waals surface area (Å²) in [6.45, 7) is 3.95. The molecule has 1 heterocycles. The Kier molecular flexibility index (Phi) is 7.64. The van der Waals surface area contributed by atoms with Crippen LogP contribution in [0.15, 0.2) is 68.4 Å². The zero-order valence-corrected chi connectivity index (χ0v) is 18.0. The third-order valence-corrected chi connectivity index (χ3v) is 7.00. The number of aryl methyl sites for hydroxylation is 1. The van der Waals surface area contributed by atoms with Crippen LogP contribution in [-0.2, 0) is 10.5 Å². The Labute approximate surface area is 177 Å². The number of benzene rings is 2. The van der Waals surface area contributed by atoms with Crippen LogP contribution in [0.1, 0.15) is 23.6 Å². The van der Waals surface area contributed by atoms with E-state index in [0.29, 0.717) is 0 Å². The Hall–Kier alpha value is -2.16. The van der Waals surface area contributed by atoms with Gasteiger partial charge in [-0.1, -0.05) is 95.0 Å². The van der Waals surface area contributed by atoms with Crippen molar-refractivity contribution in [2.24, 2.45) is 5.10 Å². The minimum atomic E-state index is -0.163. The Morgan fingerprint density at radius 3 is 2.43 bits per heavy atom. The number of amides is 1. The highest BCUT2D eigenvalue weighted by Crippen LogP contribution is 2.30. The molecule has 0 saturated heterocycles. The van der Waals surface area contributed by atoms with Gasteiger partial charge >= 0.3 is 0 Å². The number of hydrazone groups is 1. The Balaban J connectivity index is 1.43. The quantitative estimate of drug-likeness (QED) is 0.318. The van der Waals surface area contributed by atoms with Crippen LogP contribution in [0.4, 0.5) is 0 Å². The second-order valence-electron chi connectivity index (χ2n) is 6.00. The van der Waals surface area contributed by atoms with Gasteiger partial charge in [-0.25, -0.2) is 5.43 Å². The van der Waals surface area contributed by atoms with Gasteiger partial charge in [0.15, 0.2) is 8.68 Å². The molecule has 144 valence electrons. The normalized spacial score (nSPS) is 11.4. The van der Waals surface area contributed by atoms with E-state index in [0.717, 1.165) is 25.7 Å². The van der Waals surface area contributed by atoms with Gasteiger partial charge in [0.2, 0.25) is 0 Å². The number of nitrogens with zero attached hydrogens (tertiary/aromatic N) is 3. The summed E-state index contributed by atoms with van der Waals surface area (Å²) in [7, 11) is 0. The molecule has 1 aromatic heterocycles. The maximum Gasteiger partial charge on any atom is 0.250 e. The van der Waals surface area contributed by atoms with Gasteiger partial charge in [0, 0.05) is 5.75 Å². The molecular weight excluding hydrogens is 408 g/mol. The van der Waals surface area contributed by atoms with E-state index in [2.05, 4.69) is 51.9 Å². The van der Waals surface area contributed by atoms with Crippen molar-refractivity contribution in [1.29, 1.82) is 0 Å². The third kappa shape index (κ3) is 6.47. The number of thioether (sulfide) groups is 2. The molecule has 0 radical (unpaired) electrons. The first-order valence-corrected chi connectivity index (χ1v) is 11.4. The standard InChI is InChI=1S/C20H20N4OS3/c1-14-8-10-16(11-9-14)12-26-19-23-24-20(28-19)27-13-18(25)22-21-15(2)17-6-4-3-5-7-17/h3-11H,12-13H2,1-2H3,(H,22,25)/b21-15-. The number of hydrogen-bond donors (Lipinski definition) is 1. The fourth-order valence-corrected chi connectivity index (χ4v) is 4.96.